The van der Waals surface area contributed by atoms with E-state index in [0.29, 0.717) is 12.2 Å². The van der Waals surface area contributed by atoms with Crippen molar-refractivity contribution in [2.24, 2.45) is 0 Å². The second-order valence-corrected chi connectivity index (χ2v) is 1.62. The number of hydrogen-bond donors (Lipinski definition) is 1. The number of H-pyrrole nitrogens is 1. The number of hydrogen-bond acceptors (Lipinski definition) is 0. The first-order chi connectivity index (χ1) is 4.13. The lowest BCUT2D eigenvalue weighted by molar-refractivity contribution is 1.26. The first-order valence-electron chi connectivity index (χ1n) is 3.25. The normalized spacial score (nSPS) is 13.4. The summed E-state index contributed by atoms with van der Waals surface area (Å²) in [5.74, 6) is 0. The zero-order chi connectivity index (χ0) is 7.02. The van der Waals surface area contributed by atoms with E-state index in [1.807, 2.05) is 0 Å². The molecule has 0 aliphatic rings. The molecular weight excluding hydrogens is 86.1 g/mol. The molecule has 1 rings (SSSR count). The Balaban J connectivity index is 3.29. The summed E-state index contributed by atoms with van der Waals surface area (Å²) in [4.78, 5) is 2.75. The standard InChI is InChI=1S/C6H9N/c1-5-3-6(2)7-4-5/h3-4,7H,1-2H3/i3D,4D. The van der Waals surface area contributed by atoms with Crippen LogP contribution in [0.3, 0.4) is 0 Å². The van der Waals surface area contributed by atoms with Gasteiger partial charge in [-0.2, -0.15) is 0 Å². The zero-order valence-corrected chi connectivity index (χ0v) is 4.50. The average molecular weight is 97.2 g/mol. The summed E-state index contributed by atoms with van der Waals surface area (Å²) in [5.41, 5.74) is 1.50. The Morgan fingerprint density at radius 2 is 2.43 bits per heavy atom. The topological polar surface area (TPSA) is 15.8 Å². The molecule has 0 unspecified atom stereocenters. The van der Waals surface area contributed by atoms with Crippen molar-refractivity contribution in [2.45, 2.75) is 13.8 Å². The van der Waals surface area contributed by atoms with Crippen LogP contribution >= 0.6 is 0 Å². The van der Waals surface area contributed by atoms with Crippen molar-refractivity contribution in [3.05, 3.63) is 23.5 Å². The van der Waals surface area contributed by atoms with Crippen LogP contribution in [-0.4, -0.2) is 4.98 Å². The summed E-state index contributed by atoms with van der Waals surface area (Å²) < 4.78 is 14.5. The monoisotopic (exact) mass is 97.1 g/mol. The van der Waals surface area contributed by atoms with Crippen LogP contribution in [0.4, 0.5) is 0 Å². The lowest BCUT2D eigenvalue weighted by Crippen LogP contribution is -1.59. The summed E-state index contributed by atoms with van der Waals surface area (Å²) in [6.07, 6.45) is 0.359. The number of aromatic nitrogens is 1. The van der Waals surface area contributed by atoms with Crippen LogP contribution in [0.5, 0.6) is 0 Å². The Morgan fingerprint density at radius 3 is 2.57 bits per heavy atom. The van der Waals surface area contributed by atoms with Gasteiger partial charge in [-0.1, -0.05) is 0 Å². The first kappa shape index (κ1) is 2.55. The minimum Gasteiger partial charge on any atom is -0.365 e. The summed E-state index contributed by atoms with van der Waals surface area (Å²) in [5, 5.41) is 0. The van der Waals surface area contributed by atoms with E-state index in [9.17, 15) is 0 Å². The fourth-order valence-electron chi connectivity index (χ4n) is 0.531. The molecule has 0 bridgehead atoms. The van der Waals surface area contributed by atoms with Crippen LogP contribution in [0.15, 0.2) is 12.2 Å². The molecule has 1 aromatic rings. The van der Waals surface area contributed by atoms with Crippen LogP contribution < -0.4 is 0 Å². The molecular formula is C6H9N. The molecule has 1 N–H and O–H groups in total. The maximum Gasteiger partial charge on any atom is 0.0818 e. The fraction of sp³-hybridized carbons (Fsp3) is 0.333. The quantitative estimate of drug-likeness (QED) is 0.506. The SMILES string of the molecule is [2H]c1[nH]c(C)c([2H])c1C. The summed E-state index contributed by atoms with van der Waals surface area (Å²) in [7, 11) is 0. The molecule has 0 aromatic carbocycles. The van der Waals surface area contributed by atoms with E-state index >= 15 is 0 Å². The third-order valence-electron chi connectivity index (χ3n) is 0.812. The van der Waals surface area contributed by atoms with Crippen molar-refractivity contribution >= 4 is 0 Å². The minimum atomic E-state index is 0.359. The molecule has 0 radical (unpaired) electrons. The highest BCUT2D eigenvalue weighted by Gasteiger charge is 1.82. The highest BCUT2D eigenvalue weighted by atomic mass is 14.7. The molecule has 0 aliphatic heterocycles. The largest absolute Gasteiger partial charge is 0.365 e. The smallest absolute Gasteiger partial charge is 0.0818 e. The summed E-state index contributed by atoms with van der Waals surface area (Å²) >= 11 is 0. The molecule has 7 heavy (non-hydrogen) atoms. The summed E-state index contributed by atoms with van der Waals surface area (Å²) in [6, 6.07) is 0.458. The van der Waals surface area contributed by atoms with Crippen LogP contribution in [0, 0.1) is 13.8 Å². The molecule has 1 heterocycles. The van der Waals surface area contributed by atoms with E-state index in [4.69, 9.17) is 2.74 Å². The Hall–Kier alpha value is -0.720. The van der Waals surface area contributed by atoms with Gasteiger partial charge in [-0.15, -0.1) is 0 Å². The predicted molar refractivity (Wildman–Crippen MR) is 30.3 cm³/mol. The maximum absolute atomic E-state index is 7.31. The molecule has 0 saturated heterocycles. The Labute approximate surface area is 46.2 Å². The van der Waals surface area contributed by atoms with Gasteiger partial charge in [0.25, 0.3) is 0 Å². The molecule has 0 aliphatic carbocycles. The van der Waals surface area contributed by atoms with Crippen molar-refractivity contribution in [3.8, 4) is 0 Å². The summed E-state index contributed by atoms with van der Waals surface area (Å²) in [6.45, 7) is 3.57. The van der Waals surface area contributed by atoms with Crippen molar-refractivity contribution in [1.29, 1.82) is 0 Å². The molecule has 0 fully saturated rings. The number of aryl methyl sites for hydroxylation is 1. The maximum atomic E-state index is 7.31. The van der Waals surface area contributed by atoms with Crippen molar-refractivity contribution in [2.75, 3.05) is 0 Å². The number of aromatic amines is 1. The van der Waals surface area contributed by atoms with Gasteiger partial charge in [-0.3, -0.25) is 0 Å². The van der Waals surface area contributed by atoms with Crippen LogP contribution in [0.25, 0.3) is 0 Å². The molecule has 0 spiro atoms. The number of rotatable bonds is 0. The van der Waals surface area contributed by atoms with E-state index in [1.54, 1.807) is 13.8 Å². The van der Waals surface area contributed by atoms with E-state index in [1.165, 1.54) is 0 Å². The molecule has 1 nitrogen and oxygen atoms in total. The Morgan fingerprint density at radius 1 is 1.71 bits per heavy atom. The van der Waals surface area contributed by atoms with Gasteiger partial charge in [-0.25, -0.2) is 0 Å². The molecule has 1 aromatic heterocycles. The number of nitrogens with one attached hydrogen (secondary N) is 1. The second kappa shape index (κ2) is 1.41. The van der Waals surface area contributed by atoms with Crippen LogP contribution in [0.2, 0.25) is 0 Å². The van der Waals surface area contributed by atoms with Gasteiger partial charge in [0.1, 0.15) is 0 Å². The van der Waals surface area contributed by atoms with Gasteiger partial charge in [-0.05, 0) is 25.5 Å². The fourth-order valence-corrected chi connectivity index (χ4v) is 0.531. The Kier molecular flexibility index (Phi) is 0.515. The second-order valence-electron chi connectivity index (χ2n) is 1.62. The van der Waals surface area contributed by atoms with E-state index in [-0.39, 0.29) is 0 Å². The van der Waals surface area contributed by atoms with Crippen molar-refractivity contribution in [1.82, 2.24) is 4.98 Å². The van der Waals surface area contributed by atoms with Gasteiger partial charge < -0.3 is 4.98 Å². The molecule has 1 heteroatoms. The van der Waals surface area contributed by atoms with E-state index in [0.717, 1.165) is 11.3 Å². The van der Waals surface area contributed by atoms with Crippen molar-refractivity contribution < 1.29 is 2.74 Å². The lowest BCUT2D eigenvalue weighted by Gasteiger charge is -1.71. The van der Waals surface area contributed by atoms with Gasteiger partial charge in [0.2, 0.25) is 0 Å². The van der Waals surface area contributed by atoms with Gasteiger partial charge in [0.15, 0.2) is 0 Å². The third kappa shape index (κ3) is 0.829. The minimum absolute atomic E-state index is 0.359. The third-order valence-corrected chi connectivity index (χ3v) is 0.812. The Bertz CT molecular complexity index is 205. The van der Waals surface area contributed by atoms with E-state index in [2.05, 4.69) is 4.98 Å². The van der Waals surface area contributed by atoms with Gasteiger partial charge >= 0.3 is 0 Å². The van der Waals surface area contributed by atoms with Crippen molar-refractivity contribution in [3.63, 3.8) is 0 Å². The molecule has 0 saturated carbocycles. The van der Waals surface area contributed by atoms with Crippen LogP contribution in [-0.2, 0) is 0 Å². The average Bonchev–Trinajstić information content (AvgIpc) is 1.98. The zero-order valence-electron chi connectivity index (χ0n) is 6.50. The molecule has 0 amide bonds. The van der Waals surface area contributed by atoms with E-state index < -0.39 is 0 Å². The molecule has 38 valence electrons. The first-order valence-corrected chi connectivity index (χ1v) is 2.25. The predicted octanol–water partition coefficient (Wildman–Crippen LogP) is 1.63. The highest BCUT2D eigenvalue weighted by molar-refractivity contribution is 5.12. The highest BCUT2D eigenvalue weighted by Crippen LogP contribution is 1.97. The van der Waals surface area contributed by atoms with Gasteiger partial charge in [0, 0.05) is 11.9 Å². The van der Waals surface area contributed by atoms with Crippen LogP contribution in [0.1, 0.15) is 14.0 Å². The van der Waals surface area contributed by atoms with Gasteiger partial charge in [0.05, 0.1) is 2.74 Å². The lowest BCUT2D eigenvalue weighted by atomic mass is 10.4. The molecule has 0 atom stereocenters.